The largest absolute Gasteiger partial charge is 0.267 e. The van der Waals surface area contributed by atoms with Crippen molar-refractivity contribution < 1.29 is 8.42 Å². The maximum Gasteiger partial charge on any atom is 0.264 e. The molecular weight excluding hydrogens is 268 g/mol. The normalized spacial score (nSPS) is 12.0. The molecule has 0 aliphatic heterocycles. The molecule has 1 aromatic heterocycles. The van der Waals surface area contributed by atoms with Gasteiger partial charge in [-0.25, -0.2) is 8.42 Å². The lowest BCUT2D eigenvalue weighted by Gasteiger charge is -2.03. The average Bonchev–Trinajstić information content (AvgIpc) is 2.41. The van der Waals surface area contributed by atoms with Gasteiger partial charge in [0.05, 0.1) is 17.9 Å². The van der Waals surface area contributed by atoms with Gasteiger partial charge < -0.3 is 0 Å². The average molecular weight is 283 g/mol. The van der Waals surface area contributed by atoms with Crippen molar-refractivity contribution in [3.63, 3.8) is 0 Å². The molecule has 7 heteroatoms. The molecule has 16 heavy (non-hydrogen) atoms. The molecule has 1 heterocycles. The Morgan fingerprint density at radius 2 is 2.06 bits per heavy atom. The third kappa shape index (κ3) is 3.15. The van der Waals surface area contributed by atoms with Crippen molar-refractivity contribution in [3.05, 3.63) is 11.4 Å². The minimum absolute atomic E-state index is 0.149. The number of aryl methyl sites for hydroxylation is 2. The second-order valence-electron chi connectivity index (χ2n) is 3.36. The second-order valence-corrected chi connectivity index (χ2v) is 7.25. The predicted octanol–water partition coefficient (Wildman–Crippen LogP) is 2.18. The predicted molar refractivity (Wildman–Crippen MR) is 67.7 cm³/mol. The van der Waals surface area contributed by atoms with Crippen LogP contribution >= 0.6 is 22.4 Å². The molecular formula is C9H15ClN2O2S2. The fourth-order valence-electron chi connectivity index (χ4n) is 1.55. The quantitative estimate of drug-likeness (QED) is 0.614. The van der Waals surface area contributed by atoms with E-state index in [-0.39, 0.29) is 4.90 Å². The Hall–Kier alpha value is -0.200. The minimum Gasteiger partial charge on any atom is -0.267 e. The highest BCUT2D eigenvalue weighted by atomic mass is 35.7. The number of aromatic nitrogens is 2. The van der Waals surface area contributed by atoms with Crippen LogP contribution in [-0.2, 0) is 15.6 Å². The Morgan fingerprint density at radius 3 is 2.50 bits per heavy atom. The van der Waals surface area contributed by atoms with Gasteiger partial charge in [0.15, 0.2) is 0 Å². The van der Waals surface area contributed by atoms with Crippen molar-refractivity contribution in [2.75, 3.05) is 11.5 Å². The van der Waals surface area contributed by atoms with Crippen molar-refractivity contribution >= 4 is 31.5 Å². The molecule has 4 nitrogen and oxygen atoms in total. The molecule has 0 unspecified atom stereocenters. The van der Waals surface area contributed by atoms with E-state index in [1.165, 1.54) is 0 Å². The SMILES string of the molecule is CCSCCn1nc(C)c(S(=O)(=O)Cl)c1C. The van der Waals surface area contributed by atoms with E-state index < -0.39 is 9.05 Å². The fraction of sp³-hybridized carbons (Fsp3) is 0.667. The van der Waals surface area contributed by atoms with Gasteiger partial charge in [-0.1, -0.05) is 6.92 Å². The van der Waals surface area contributed by atoms with Crippen LogP contribution < -0.4 is 0 Å². The summed E-state index contributed by atoms with van der Waals surface area (Å²) in [5.41, 5.74) is 1.08. The van der Waals surface area contributed by atoms with Crippen molar-refractivity contribution in [1.82, 2.24) is 9.78 Å². The second kappa shape index (κ2) is 5.42. The van der Waals surface area contributed by atoms with Gasteiger partial charge in [0.25, 0.3) is 9.05 Å². The van der Waals surface area contributed by atoms with Crippen molar-refractivity contribution in [2.24, 2.45) is 0 Å². The van der Waals surface area contributed by atoms with E-state index in [4.69, 9.17) is 10.7 Å². The van der Waals surface area contributed by atoms with Crippen LogP contribution in [0.1, 0.15) is 18.3 Å². The van der Waals surface area contributed by atoms with Gasteiger partial charge in [-0.3, -0.25) is 4.68 Å². The molecule has 0 aliphatic rings. The van der Waals surface area contributed by atoms with E-state index >= 15 is 0 Å². The van der Waals surface area contributed by atoms with Gasteiger partial charge in [0, 0.05) is 16.4 Å². The smallest absolute Gasteiger partial charge is 0.264 e. The summed E-state index contributed by atoms with van der Waals surface area (Å²) in [7, 11) is 1.67. The molecule has 1 aromatic rings. The van der Waals surface area contributed by atoms with E-state index in [2.05, 4.69) is 12.0 Å². The lowest BCUT2D eigenvalue weighted by Crippen LogP contribution is -2.05. The van der Waals surface area contributed by atoms with Gasteiger partial charge in [0.2, 0.25) is 0 Å². The molecule has 0 spiro atoms. The lowest BCUT2D eigenvalue weighted by molar-refractivity contribution is 0.606. The molecule has 0 fully saturated rings. The maximum atomic E-state index is 11.3. The van der Waals surface area contributed by atoms with Gasteiger partial charge in [-0.15, -0.1) is 0 Å². The molecule has 0 aliphatic carbocycles. The highest BCUT2D eigenvalue weighted by Crippen LogP contribution is 2.23. The molecule has 92 valence electrons. The van der Waals surface area contributed by atoms with Crippen molar-refractivity contribution in [3.8, 4) is 0 Å². The van der Waals surface area contributed by atoms with Crippen LogP contribution in [0.4, 0.5) is 0 Å². The molecule has 0 amide bonds. The number of hydrogen-bond donors (Lipinski definition) is 0. The summed E-state index contributed by atoms with van der Waals surface area (Å²) >= 11 is 1.79. The fourth-order valence-corrected chi connectivity index (χ4v) is 3.66. The highest BCUT2D eigenvalue weighted by Gasteiger charge is 2.21. The van der Waals surface area contributed by atoms with Gasteiger partial charge in [-0.05, 0) is 19.6 Å². The van der Waals surface area contributed by atoms with E-state index in [1.807, 2.05) is 0 Å². The number of nitrogens with zero attached hydrogens (tertiary/aromatic N) is 2. The van der Waals surface area contributed by atoms with Crippen LogP contribution in [0.2, 0.25) is 0 Å². The van der Waals surface area contributed by atoms with Gasteiger partial charge >= 0.3 is 0 Å². The van der Waals surface area contributed by atoms with Gasteiger partial charge in [-0.2, -0.15) is 16.9 Å². The number of hydrogen-bond acceptors (Lipinski definition) is 4. The van der Waals surface area contributed by atoms with Crippen LogP contribution in [0.3, 0.4) is 0 Å². The van der Waals surface area contributed by atoms with Crippen LogP contribution in [0.25, 0.3) is 0 Å². The molecule has 0 bridgehead atoms. The molecule has 0 saturated heterocycles. The summed E-state index contributed by atoms with van der Waals surface area (Å²) in [6, 6.07) is 0. The molecule has 1 rings (SSSR count). The molecule has 0 saturated carbocycles. The zero-order valence-electron chi connectivity index (χ0n) is 9.53. The van der Waals surface area contributed by atoms with Crippen LogP contribution in [-0.4, -0.2) is 29.7 Å². The first kappa shape index (κ1) is 13.9. The third-order valence-corrected chi connectivity index (χ3v) is 4.63. The topological polar surface area (TPSA) is 52.0 Å². The number of halogens is 1. The van der Waals surface area contributed by atoms with Crippen molar-refractivity contribution in [2.45, 2.75) is 32.2 Å². The van der Waals surface area contributed by atoms with Crippen LogP contribution in [0.15, 0.2) is 4.90 Å². The Kier molecular flexibility index (Phi) is 4.70. The maximum absolute atomic E-state index is 11.3. The monoisotopic (exact) mass is 282 g/mol. The Balaban J connectivity index is 2.99. The summed E-state index contributed by atoms with van der Waals surface area (Å²) in [6.07, 6.45) is 0. The summed E-state index contributed by atoms with van der Waals surface area (Å²) in [4.78, 5) is 0.149. The number of thioether (sulfide) groups is 1. The summed E-state index contributed by atoms with van der Waals surface area (Å²) in [6.45, 7) is 6.18. The van der Waals surface area contributed by atoms with E-state index in [0.717, 1.165) is 11.5 Å². The van der Waals surface area contributed by atoms with E-state index in [1.54, 1.807) is 30.3 Å². The lowest BCUT2D eigenvalue weighted by atomic mass is 10.4. The zero-order chi connectivity index (χ0) is 12.3. The molecule has 0 radical (unpaired) electrons. The highest BCUT2D eigenvalue weighted by molar-refractivity contribution is 8.13. The minimum atomic E-state index is -3.69. The van der Waals surface area contributed by atoms with E-state index in [0.29, 0.717) is 17.9 Å². The Morgan fingerprint density at radius 1 is 1.44 bits per heavy atom. The summed E-state index contributed by atoms with van der Waals surface area (Å²) in [5.74, 6) is 1.96. The Labute approximate surface area is 105 Å². The number of rotatable bonds is 5. The first-order chi connectivity index (χ1) is 7.38. The van der Waals surface area contributed by atoms with Crippen LogP contribution in [0, 0.1) is 13.8 Å². The third-order valence-electron chi connectivity index (χ3n) is 2.21. The zero-order valence-corrected chi connectivity index (χ0v) is 11.9. The Bertz CT molecular complexity index is 468. The van der Waals surface area contributed by atoms with Gasteiger partial charge in [0.1, 0.15) is 4.90 Å². The first-order valence-corrected chi connectivity index (χ1v) is 8.40. The summed E-state index contributed by atoms with van der Waals surface area (Å²) < 4.78 is 24.4. The van der Waals surface area contributed by atoms with Crippen molar-refractivity contribution in [1.29, 1.82) is 0 Å². The van der Waals surface area contributed by atoms with Crippen LogP contribution in [0.5, 0.6) is 0 Å². The molecule has 0 N–H and O–H groups in total. The summed E-state index contributed by atoms with van der Waals surface area (Å²) in [5, 5.41) is 4.19. The molecule has 0 aromatic carbocycles. The molecule has 0 atom stereocenters. The van der Waals surface area contributed by atoms with E-state index in [9.17, 15) is 8.42 Å². The first-order valence-electron chi connectivity index (χ1n) is 4.94. The standard InChI is InChI=1S/C9H15ClN2O2S2/c1-4-15-6-5-12-8(3)9(7(2)11-12)16(10,13)14/h4-6H2,1-3H3.